The van der Waals surface area contributed by atoms with Crippen molar-refractivity contribution in [1.29, 1.82) is 0 Å². The monoisotopic (exact) mass is 372 g/mol. The van der Waals surface area contributed by atoms with Gasteiger partial charge in [0.1, 0.15) is 5.69 Å². The summed E-state index contributed by atoms with van der Waals surface area (Å²) in [5, 5.41) is 2.40. The predicted octanol–water partition coefficient (Wildman–Crippen LogP) is 4.52. The topological polar surface area (TPSA) is 58.1 Å². The summed E-state index contributed by atoms with van der Waals surface area (Å²) in [6.07, 6.45) is -1.78. The summed E-state index contributed by atoms with van der Waals surface area (Å²) in [6, 6.07) is 13.9. The van der Waals surface area contributed by atoms with E-state index in [-0.39, 0.29) is 11.4 Å². The number of hydrogen-bond donors (Lipinski definition) is 1. The largest absolute Gasteiger partial charge is 0.416 e. The van der Waals surface area contributed by atoms with Gasteiger partial charge in [-0.15, -0.1) is 0 Å². The Bertz CT molecular complexity index is 928. The van der Waals surface area contributed by atoms with Gasteiger partial charge in [-0.25, -0.2) is 9.97 Å². The number of rotatable bonds is 4. The first-order valence-electron chi connectivity index (χ1n) is 7.94. The number of aromatic nitrogens is 2. The second-order valence-corrected chi connectivity index (χ2v) is 5.69. The highest BCUT2D eigenvalue weighted by Gasteiger charge is 2.30. The van der Waals surface area contributed by atoms with Crippen LogP contribution < -0.4 is 10.2 Å². The van der Waals surface area contributed by atoms with Crippen LogP contribution in [0.15, 0.2) is 67.0 Å². The molecule has 0 aliphatic rings. The van der Waals surface area contributed by atoms with E-state index < -0.39 is 17.6 Å². The standard InChI is InChI=1S/C19H15F3N4O/c1-26(15-8-3-2-4-9-15)17-12-23-16(11-24-17)18(27)25-14-7-5-6-13(10-14)19(20,21)22/h2-12H,1H3,(H,25,27). The minimum absolute atomic E-state index is 0.00220. The van der Waals surface area contributed by atoms with Crippen LogP contribution >= 0.6 is 0 Å². The molecule has 0 saturated heterocycles. The Hall–Kier alpha value is -3.42. The number of anilines is 3. The van der Waals surface area contributed by atoms with Crippen LogP contribution in [0, 0.1) is 0 Å². The lowest BCUT2D eigenvalue weighted by atomic mass is 10.2. The molecule has 138 valence electrons. The molecule has 3 aromatic rings. The highest BCUT2D eigenvalue weighted by Crippen LogP contribution is 2.30. The lowest BCUT2D eigenvalue weighted by molar-refractivity contribution is -0.137. The molecule has 1 amide bonds. The zero-order valence-corrected chi connectivity index (χ0v) is 14.2. The number of halogens is 3. The van der Waals surface area contributed by atoms with Crippen molar-refractivity contribution < 1.29 is 18.0 Å². The van der Waals surface area contributed by atoms with Gasteiger partial charge < -0.3 is 10.2 Å². The molecule has 1 aromatic heterocycles. The first-order valence-corrected chi connectivity index (χ1v) is 7.94. The molecule has 1 heterocycles. The van der Waals surface area contributed by atoms with E-state index in [1.807, 2.05) is 37.4 Å². The molecule has 0 spiro atoms. The van der Waals surface area contributed by atoms with Gasteiger partial charge in [0.2, 0.25) is 0 Å². The molecule has 0 fully saturated rings. The van der Waals surface area contributed by atoms with Gasteiger partial charge in [-0.05, 0) is 30.3 Å². The summed E-state index contributed by atoms with van der Waals surface area (Å²) in [4.78, 5) is 22.3. The van der Waals surface area contributed by atoms with Crippen molar-refractivity contribution >= 4 is 23.1 Å². The van der Waals surface area contributed by atoms with E-state index in [4.69, 9.17) is 0 Å². The minimum Gasteiger partial charge on any atom is -0.328 e. The van der Waals surface area contributed by atoms with Gasteiger partial charge >= 0.3 is 6.18 Å². The number of amides is 1. The Kier molecular flexibility index (Phi) is 5.07. The molecule has 5 nitrogen and oxygen atoms in total. The Labute approximate surface area is 153 Å². The van der Waals surface area contributed by atoms with Crippen molar-refractivity contribution in [2.24, 2.45) is 0 Å². The molecule has 0 aliphatic carbocycles. The van der Waals surface area contributed by atoms with Crippen molar-refractivity contribution in [2.45, 2.75) is 6.18 Å². The smallest absolute Gasteiger partial charge is 0.328 e. The molecule has 27 heavy (non-hydrogen) atoms. The van der Waals surface area contributed by atoms with Crippen LogP contribution in [-0.4, -0.2) is 22.9 Å². The van der Waals surface area contributed by atoms with Gasteiger partial charge in [0.15, 0.2) is 5.82 Å². The van der Waals surface area contributed by atoms with E-state index in [0.717, 1.165) is 17.8 Å². The SMILES string of the molecule is CN(c1ccccc1)c1cnc(C(=O)Nc2cccc(C(F)(F)F)c2)cn1. The van der Waals surface area contributed by atoms with Crippen LogP contribution in [0.5, 0.6) is 0 Å². The van der Waals surface area contributed by atoms with Crippen LogP contribution in [-0.2, 0) is 6.18 Å². The van der Waals surface area contributed by atoms with Crippen molar-refractivity contribution in [1.82, 2.24) is 9.97 Å². The number of hydrogen-bond acceptors (Lipinski definition) is 4. The zero-order valence-electron chi connectivity index (χ0n) is 14.2. The zero-order chi connectivity index (χ0) is 19.4. The van der Waals surface area contributed by atoms with Gasteiger partial charge in [-0.1, -0.05) is 24.3 Å². The van der Waals surface area contributed by atoms with Gasteiger partial charge in [-0.3, -0.25) is 4.79 Å². The molecule has 0 saturated carbocycles. The van der Waals surface area contributed by atoms with Gasteiger partial charge in [0.25, 0.3) is 5.91 Å². The molecule has 0 aliphatic heterocycles. The lowest BCUT2D eigenvalue weighted by Gasteiger charge is -2.17. The van der Waals surface area contributed by atoms with Crippen molar-refractivity contribution in [3.63, 3.8) is 0 Å². The maximum atomic E-state index is 12.7. The number of benzene rings is 2. The Balaban J connectivity index is 1.73. The molecular formula is C19H15F3N4O. The lowest BCUT2D eigenvalue weighted by Crippen LogP contribution is -2.17. The van der Waals surface area contributed by atoms with Gasteiger partial charge in [0.05, 0.1) is 18.0 Å². The summed E-state index contributed by atoms with van der Waals surface area (Å²) < 4.78 is 38.2. The Morgan fingerprint density at radius 3 is 2.37 bits per heavy atom. The van der Waals surface area contributed by atoms with Gasteiger partial charge in [0, 0.05) is 18.4 Å². The predicted molar refractivity (Wildman–Crippen MR) is 95.9 cm³/mol. The van der Waals surface area contributed by atoms with E-state index in [2.05, 4.69) is 15.3 Å². The average molecular weight is 372 g/mol. The molecule has 3 rings (SSSR count). The van der Waals surface area contributed by atoms with Crippen LogP contribution in [0.2, 0.25) is 0 Å². The molecule has 0 radical (unpaired) electrons. The Morgan fingerprint density at radius 1 is 1.00 bits per heavy atom. The third-order valence-electron chi connectivity index (χ3n) is 3.81. The molecule has 0 unspecified atom stereocenters. The second kappa shape index (κ2) is 7.45. The first kappa shape index (κ1) is 18.4. The third kappa shape index (κ3) is 4.41. The highest BCUT2D eigenvalue weighted by atomic mass is 19.4. The van der Waals surface area contributed by atoms with E-state index in [0.29, 0.717) is 5.82 Å². The number of alkyl halides is 3. The van der Waals surface area contributed by atoms with E-state index >= 15 is 0 Å². The molecule has 1 N–H and O–H groups in total. The Morgan fingerprint density at radius 2 is 1.74 bits per heavy atom. The number of nitrogens with one attached hydrogen (secondary N) is 1. The molecule has 0 atom stereocenters. The minimum atomic E-state index is -4.48. The molecule has 0 bridgehead atoms. The summed E-state index contributed by atoms with van der Waals surface area (Å²) in [6.45, 7) is 0. The molecule has 2 aromatic carbocycles. The third-order valence-corrected chi connectivity index (χ3v) is 3.81. The quantitative estimate of drug-likeness (QED) is 0.732. The molecular weight excluding hydrogens is 357 g/mol. The number of nitrogens with zero attached hydrogens (tertiary/aromatic N) is 3. The van der Waals surface area contributed by atoms with E-state index in [1.165, 1.54) is 24.5 Å². The summed E-state index contributed by atoms with van der Waals surface area (Å²) in [7, 11) is 1.81. The van der Waals surface area contributed by atoms with Crippen molar-refractivity contribution in [2.75, 3.05) is 17.3 Å². The van der Waals surface area contributed by atoms with Gasteiger partial charge in [-0.2, -0.15) is 13.2 Å². The summed E-state index contributed by atoms with van der Waals surface area (Å²) in [5.41, 5.74) is 0.0823. The second-order valence-electron chi connectivity index (χ2n) is 5.69. The van der Waals surface area contributed by atoms with Crippen LogP contribution in [0.4, 0.5) is 30.4 Å². The fraction of sp³-hybridized carbons (Fsp3) is 0.105. The number of para-hydroxylation sites is 1. The van der Waals surface area contributed by atoms with E-state index in [1.54, 1.807) is 4.90 Å². The number of carbonyl (C=O) groups excluding carboxylic acids is 1. The fourth-order valence-corrected chi connectivity index (χ4v) is 2.36. The highest BCUT2D eigenvalue weighted by molar-refractivity contribution is 6.02. The summed E-state index contributed by atoms with van der Waals surface area (Å²) >= 11 is 0. The number of carbonyl (C=O) groups is 1. The van der Waals surface area contributed by atoms with Crippen LogP contribution in [0.3, 0.4) is 0 Å². The average Bonchev–Trinajstić information content (AvgIpc) is 2.68. The maximum absolute atomic E-state index is 12.7. The van der Waals surface area contributed by atoms with Crippen LogP contribution in [0.25, 0.3) is 0 Å². The maximum Gasteiger partial charge on any atom is 0.416 e. The normalized spacial score (nSPS) is 11.1. The molecule has 8 heteroatoms. The van der Waals surface area contributed by atoms with Crippen molar-refractivity contribution in [3.05, 3.63) is 78.2 Å². The first-order chi connectivity index (χ1) is 12.8. The van der Waals surface area contributed by atoms with Crippen molar-refractivity contribution in [3.8, 4) is 0 Å². The van der Waals surface area contributed by atoms with Crippen LogP contribution in [0.1, 0.15) is 16.1 Å². The summed E-state index contributed by atoms with van der Waals surface area (Å²) in [5.74, 6) is -0.118. The fourth-order valence-electron chi connectivity index (χ4n) is 2.36. The van der Waals surface area contributed by atoms with E-state index in [9.17, 15) is 18.0 Å².